The molecule has 29 heavy (non-hydrogen) atoms. The first-order valence-corrected chi connectivity index (χ1v) is 11.6. The topological polar surface area (TPSA) is 79.7 Å². The number of carboxylic acids is 1. The second-order valence-electron chi connectivity index (χ2n) is 8.74. The molecule has 5 atom stereocenters. The monoisotopic (exact) mass is 413 g/mol. The van der Waals surface area contributed by atoms with Crippen LogP contribution in [0.1, 0.15) is 70.4 Å². The fourth-order valence-electron chi connectivity index (χ4n) is 5.56. The lowest BCUT2D eigenvalue weighted by molar-refractivity contribution is -0.0794. The van der Waals surface area contributed by atoms with Crippen molar-refractivity contribution in [3.8, 4) is 0 Å². The molecule has 0 spiro atoms. The van der Waals surface area contributed by atoms with Crippen molar-refractivity contribution in [3.05, 3.63) is 51.0 Å². The second kappa shape index (κ2) is 7.82. The van der Waals surface area contributed by atoms with Crippen molar-refractivity contribution in [1.29, 1.82) is 0 Å². The maximum absolute atomic E-state index is 11.1. The lowest BCUT2D eigenvalue weighted by Gasteiger charge is -2.34. The molecule has 5 rings (SSSR count). The van der Waals surface area contributed by atoms with Gasteiger partial charge in [0.2, 0.25) is 0 Å². The van der Waals surface area contributed by atoms with Gasteiger partial charge in [0.05, 0.1) is 12.2 Å². The Balaban J connectivity index is 1.22. The van der Waals surface area contributed by atoms with Gasteiger partial charge in [0.1, 0.15) is 11.1 Å². The van der Waals surface area contributed by atoms with Gasteiger partial charge in [-0.05, 0) is 73.5 Å². The van der Waals surface area contributed by atoms with E-state index >= 15 is 0 Å². The zero-order chi connectivity index (χ0) is 20.0. The Morgan fingerprint density at radius 3 is 2.93 bits per heavy atom. The lowest BCUT2D eigenvalue weighted by atomic mass is 9.83. The van der Waals surface area contributed by atoms with Crippen LogP contribution in [0.3, 0.4) is 0 Å². The Morgan fingerprint density at radius 1 is 1.24 bits per heavy atom. The van der Waals surface area contributed by atoms with Gasteiger partial charge in [0.15, 0.2) is 5.69 Å². The second-order valence-corrected chi connectivity index (χ2v) is 9.63. The molecule has 1 aromatic carbocycles. The van der Waals surface area contributed by atoms with Crippen LogP contribution in [0.25, 0.3) is 0 Å². The minimum atomic E-state index is -0.996. The van der Waals surface area contributed by atoms with Gasteiger partial charge in [-0.1, -0.05) is 18.2 Å². The number of carbonyl (C=O) groups is 1. The molecule has 0 unspecified atom stereocenters. The van der Waals surface area contributed by atoms with Gasteiger partial charge in [0.25, 0.3) is 0 Å². The summed E-state index contributed by atoms with van der Waals surface area (Å²) in [5, 5.41) is 22.1. The number of benzene rings is 1. The van der Waals surface area contributed by atoms with E-state index in [1.165, 1.54) is 47.3 Å². The average molecular weight is 414 g/mol. The van der Waals surface area contributed by atoms with Gasteiger partial charge in [-0.3, -0.25) is 0 Å². The van der Waals surface area contributed by atoms with Crippen LogP contribution in [-0.2, 0) is 24.0 Å². The van der Waals surface area contributed by atoms with Crippen molar-refractivity contribution in [3.63, 3.8) is 0 Å². The number of fused-ring (bicyclic) bond motifs is 2. The van der Waals surface area contributed by atoms with Crippen LogP contribution in [0.4, 0.5) is 0 Å². The van der Waals surface area contributed by atoms with E-state index < -0.39 is 5.97 Å². The number of aromatic carboxylic acids is 1. The number of nitrogens with zero attached hydrogens (tertiary/aromatic N) is 1. The molecule has 2 heterocycles. The molecule has 5 nitrogen and oxygen atoms in total. The molecule has 0 amide bonds. The normalized spacial score (nSPS) is 30.9. The minimum absolute atomic E-state index is 0.0472. The number of thiazole rings is 1. The van der Waals surface area contributed by atoms with Gasteiger partial charge < -0.3 is 14.9 Å². The molecular weight excluding hydrogens is 386 g/mol. The average Bonchev–Trinajstić information content (AvgIpc) is 3.43. The summed E-state index contributed by atoms with van der Waals surface area (Å²) in [4.78, 5) is 15.3. The highest BCUT2D eigenvalue weighted by molar-refractivity contribution is 7.09. The summed E-state index contributed by atoms with van der Waals surface area (Å²) in [6.45, 7) is 0. The van der Waals surface area contributed by atoms with Crippen LogP contribution in [0.2, 0.25) is 0 Å². The first kappa shape index (κ1) is 19.2. The number of aliphatic hydroxyl groups excluding tert-OH is 1. The number of aliphatic hydroxyl groups is 1. The quantitative estimate of drug-likeness (QED) is 0.769. The summed E-state index contributed by atoms with van der Waals surface area (Å²) in [5.74, 6) is -0.334. The molecule has 2 aliphatic carbocycles. The predicted octanol–water partition coefficient (Wildman–Crippen LogP) is 4.18. The zero-order valence-corrected chi connectivity index (χ0v) is 17.2. The summed E-state index contributed by atoms with van der Waals surface area (Å²) in [6.07, 6.45) is 7.81. The molecule has 1 saturated heterocycles. The summed E-state index contributed by atoms with van der Waals surface area (Å²) in [7, 11) is 0. The Hall–Kier alpha value is -1.76. The van der Waals surface area contributed by atoms with Gasteiger partial charge in [-0.2, -0.15) is 0 Å². The molecule has 1 saturated carbocycles. The predicted molar refractivity (Wildman–Crippen MR) is 110 cm³/mol. The van der Waals surface area contributed by atoms with Crippen molar-refractivity contribution >= 4 is 17.3 Å². The first-order valence-electron chi connectivity index (χ1n) is 10.7. The summed E-state index contributed by atoms with van der Waals surface area (Å²) in [6, 6.07) is 6.93. The third-order valence-corrected chi connectivity index (χ3v) is 7.98. The molecule has 2 N–H and O–H groups in total. The molecular formula is C23H27NO4S. The van der Waals surface area contributed by atoms with E-state index in [1.54, 1.807) is 5.38 Å². The smallest absolute Gasteiger partial charge is 0.355 e. The Morgan fingerprint density at radius 2 is 2.10 bits per heavy atom. The summed E-state index contributed by atoms with van der Waals surface area (Å²) in [5.41, 5.74) is 4.50. The standard InChI is InChI=1S/C23H27NO4S/c25-19-11-21-17(8-9-20(28-21)22-24-18(12-29-22)23(26)27)16(19)7-5-13-4-6-14-2-1-3-15(14)10-13/h4,6,10,12,16-17,19-21,25H,1-3,5,7-9,11H2,(H,26,27)/t16-,17-,19-,20-,21+/m1/s1. The molecule has 6 heteroatoms. The SMILES string of the molecule is O=C(O)c1csc([C@H]2CC[C@@H]3[C@@H](CCc4ccc5c(c4)CCC5)[C@H](O)C[C@@H]3O2)n1. The van der Waals surface area contributed by atoms with Crippen molar-refractivity contribution in [2.24, 2.45) is 11.8 Å². The number of aromatic nitrogens is 1. The molecule has 0 radical (unpaired) electrons. The number of carboxylic acid groups (broad SMARTS) is 1. The van der Waals surface area contributed by atoms with Crippen LogP contribution in [0.15, 0.2) is 23.6 Å². The molecule has 0 bridgehead atoms. The summed E-state index contributed by atoms with van der Waals surface area (Å²) >= 11 is 1.36. The van der Waals surface area contributed by atoms with Crippen LogP contribution in [0, 0.1) is 11.8 Å². The van der Waals surface area contributed by atoms with Gasteiger partial charge >= 0.3 is 5.97 Å². The van der Waals surface area contributed by atoms with E-state index in [0.29, 0.717) is 12.3 Å². The third kappa shape index (κ3) is 3.74. The van der Waals surface area contributed by atoms with Crippen LogP contribution in [0.5, 0.6) is 0 Å². The van der Waals surface area contributed by atoms with Crippen LogP contribution < -0.4 is 0 Å². The third-order valence-electron chi connectivity index (χ3n) is 7.04. The van der Waals surface area contributed by atoms with Crippen molar-refractivity contribution in [2.75, 3.05) is 0 Å². The van der Waals surface area contributed by atoms with Gasteiger partial charge in [0, 0.05) is 11.8 Å². The lowest BCUT2D eigenvalue weighted by Crippen LogP contribution is -2.30. The fourth-order valence-corrected chi connectivity index (χ4v) is 6.43. The Kier molecular flexibility index (Phi) is 5.18. The number of hydrogen-bond donors (Lipinski definition) is 2. The van der Waals surface area contributed by atoms with E-state index in [0.717, 1.165) is 30.7 Å². The molecule has 154 valence electrons. The van der Waals surface area contributed by atoms with Crippen molar-refractivity contribution < 1.29 is 19.7 Å². The highest BCUT2D eigenvalue weighted by Crippen LogP contribution is 2.47. The maximum Gasteiger partial charge on any atom is 0.355 e. The van der Waals surface area contributed by atoms with Gasteiger partial charge in [-0.15, -0.1) is 11.3 Å². The van der Waals surface area contributed by atoms with Crippen molar-refractivity contribution in [1.82, 2.24) is 4.98 Å². The van der Waals surface area contributed by atoms with Crippen molar-refractivity contribution in [2.45, 2.75) is 69.7 Å². The Bertz CT molecular complexity index is 910. The van der Waals surface area contributed by atoms with E-state index in [2.05, 4.69) is 23.2 Å². The Labute approximate surface area is 174 Å². The van der Waals surface area contributed by atoms with E-state index in [9.17, 15) is 9.90 Å². The molecule has 1 aliphatic heterocycles. The first-order chi connectivity index (χ1) is 14.1. The van der Waals surface area contributed by atoms with E-state index in [4.69, 9.17) is 9.84 Å². The molecule has 3 aliphatic rings. The fraction of sp³-hybridized carbons (Fsp3) is 0.565. The zero-order valence-electron chi connectivity index (χ0n) is 16.4. The number of rotatable bonds is 5. The van der Waals surface area contributed by atoms with E-state index in [-0.39, 0.29) is 29.9 Å². The molecule has 1 aromatic heterocycles. The number of ether oxygens (including phenoxy) is 1. The largest absolute Gasteiger partial charge is 0.476 e. The molecule has 2 fully saturated rings. The summed E-state index contributed by atoms with van der Waals surface area (Å²) < 4.78 is 6.30. The minimum Gasteiger partial charge on any atom is -0.476 e. The van der Waals surface area contributed by atoms with Crippen LogP contribution in [-0.4, -0.2) is 33.4 Å². The number of hydrogen-bond acceptors (Lipinski definition) is 5. The highest BCUT2D eigenvalue weighted by Gasteiger charge is 2.46. The van der Waals surface area contributed by atoms with Crippen LogP contribution >= 0.6 is 11.3 Å². The van der Waals surface area contributed by atoms with Gasteiger partial charge in [-0.25, -0.2) is 9.78 Å². The molecule has 2 aromatic rings. The maximum atomic E-state index is 11.1. The number of aryl methyl sites for hydroxylation is 3. The highest BCUT2D eigenvalue weighted by atomic mass is 32.1. The van der Waals surface area contributed by atoms with E-state index in [1.807, 2.05) is 0 Å².